The fraction of sp³-hybridized carbons (Fsp3) is 0.333. The minimum Gasteiger partial charge on any atom is -0.477 e. The summed E-state index contributed by atoms with van der Waals surface area (Å²) in [5, 5.41) is 24.2. The maximum atomic E-state index is 13.0. The number of carboxylic acids is 1. The number of hydrogen-bond acceptors (Lipinski definition) is 13. The Hall–Kier alpha value is -2.50. The molecule has 1 saturated heterocycles. The van der Waals surface area contributed by atoms with Crippen molar-refractivity contribution in [2.24, 2.45) is 10.9 Å². The van der Waals surface area contributed by atoms with E-state index in [2.05, 4.69) is 20.4 Å². The Morgan fingerprint density at radius 1 is 1.45 bits per heavy atom. The van der Waals surface area contributed by atoms with Crippen LogP contribution >= 0.6 is 58.2 Å². The standard InChI is InChI=1S/C21H22ClN7O5S4/c1-8(23)5-35-6-9-4-25-3-2-10(9)37-11-7-36-19-14(18(31)29(19)15(11)20(32)33)26-17(30)13(28-34)12-16(22)38-21(24)27-12/h2-4,8,14,19,34H,5-7,23H2,1H3,(H2,24,27)(H,26,30)(H,32,33)/b28-13-/t8?,14-,19+/m1/s1. The van der Waals surface area contributed by atoms with Crippen molar-refractivity contribution in [3.63, 3.8) is 0 Å². The average molecular weight is 616 g/mol. The fourth-order valence-corrected chi connectivity index (χ4v) is 8.18. The van der Waals surface area contributed by atoms with Crippen molar-refractivity contribution in [3.8, 4) is 0 Å². The molecular formula is C21H22ClN7O5S4. The van der Waals surface area contributed by atoms with Crippen LogP contribution in [0.4, 0.5) is 5.13 Å². The van der Waals surface area contributed by atoms with Crippen LogP contribution in [0.25, 0.3) is 0 Å². The van der Waals surface area contributed by atoms with Gasteiger partial charge in [0.1, 0.15) is 27.1 Å². The number of fused-ring (bicyclic) bond motifs is 1. The number of pyridine rings is 1. The lowest BCUT2D eigenvalue weighted by Crippen LogP contribution is -2.71. The Labute approximate surface area is 238 Å². The van der Waals surface area contributed by atoms with E-state index in [1.165, 1.54) is 28.4 Å². The van der Waals surface area contributed by atoms with E-state index in [9.17, 15) is 24.7 Å². The lowest BCUT2D eigenvalue weighted by atomic mass is 10.0. The number of carbonyl (C=O) groups excluding carboxylic acids is 2. The summed E-state index contributed by atoms with van der Waals surface area (Å²) in [5.74, 6) is -1.03. The van der Waals surface area contributed by atoms with Gasteiger partial charge in [-0.2, -0.15) is 11.8 Å². The molecule has 0 aliphatic carbocycles. The molecular weight excluding hydrogens is 594 g/mol. The van der Waals surface area contributed by atoms with Gasteiger partial charge < -0.3 is 27.1 Å². The largest absolute Gasteiger partial charge is 0.477 e. The highest BCUT2D eigenvalue weighted by atomic mass is 35.5. The molecule has 1 unspecified atom stereocenters. The summed E-state index contributed by atoms with van der Waals surface area (Å²) in [6, 6.07) is 0.817. The third-order valence-electron chi connectivity index (χ3n) is 5.29. The lowest BCUT2D eigenvalue weighted by molar-refractivity contribution is -0.150. The Bertz CT molecular complexity index is 1330. The van der Waals surface area contributed by atoms with Gasteiger partial charge in [0, 0.05) is 45.5 Å². The van der Waals surface area contributed by atoms with Crippen LogP contribution in [0.5, 0.6) is 0 Å². The Kier molecular flexibility index (Phi) is 9.10. The highest BCUT2D eigenvalue weighted by Gasteiger charge is 2.54. The monoisotopic (exact) mass is 615 g/mol. The van der Waals surface area contributed by atoms with Crippen molar-refractivity contribution in [1.29, 1.82) is 0 Å². The minimum atomic E-state index is -1.25. The second-order valence-corrected chi connectivity index (χ2v) is 13.0. The number of nitrogens with zero attached hydrogens (tertiary/aromatic N) is 4. The number of nitrogen functional groups attached to an aromatic ring is 1. The summed E-state index contributed by atoms with van der Waals surface area (Å²) in [6.07, 6.45) is 3.36. The molecule has 17 heteroatoms. The van der Waals surface area contributed by atoms with Gasteiger partial charge in [-0.05, 0) is 18.6 Å². The molecule has 4 rings (SSSR count). The van der Waals surface area contributed by atoms with Gasteiger partial charge in [-0.25, -0.2) is 9.78 Å². The van der Waals surface area contributed by atoms with Gasteiger partial charge >= 0.3 is 5.97 Å². The zero-order chi connectivity index (χ0) is 27.6. The highest BCUT2D eigenvalue weighted by molar-refractivity contribution is 8.06. The van der Waals surface area contributed by atoms with E-state index >= 15 is 0 Å². The first-order valence-electron chi connectivity index (χ1n) is 10.9. The Morgan fingerprint density at radius 3 is 2.84 bits per heavy atom. The molecule has 38 heavy (non-hydrogen) atoms. The van der Waals surface area contributed by atoms with Gasteiger partial charge in [0.15, 0.2) is 10.8 Å². The number of carbonyl (C=O) groups is 3. The quantitative estimate of drug-likeness (QED) is 0.113. The van der Waals surface area contributed by atoms with Crippen LogP contribution in [-0.2, 0) is 20.1 Å². The van der Waals surface area contributed by atoms with Crippen molar-refractivity contribution in [2.75, 3.05) is 17.2 Å². The van der Waals surface area contributed by atoms with Gasteiger partial charge in [-0.3, -0.25) is 19.5 Å². The molecule has 0 radical (unpaired) electrons. The number of anilines is 1. The summed E-state index contributed by atoms with van der Waals surface area (Å²) in [7, 11) is 0. The molecule has 2 aliphatic rings. The molecule has 2 aromatic rings. The van der Waals surface area contributed by atoms with Gasteiger partial charge in [0.2, 0.25) is 0 Å². The third kappa shape index (κ3) is 5.89. The number of halogens is 1. The number of nitrogens with two attached hydrogens (primary N) is 2. The van der Waals surface area contributed by atoms with E-state index < -0.39 is 34.9 Å². The summed E-state index contributed by atoms with van der Waals surface area (Å²) in [4.78, 5) is 48.6. The number of rotatable bonds is 10. The third-order valence-corrected chi connectivity index (χ3v) is 10.3. The Morgan fingerprint density at radius 2 is 2.21 bits per heavy atom. The normalized spacial score (nSPS) is 20.1. The fourth-order valence-electron chi connectivity index (χ4n) is 3.65. The summed E-state index contributed by atoms with van der Waals surface area (Å²) < 4.78 is 0.0447. The molecule has 7 N–H and O–H groups in total. The first-order chi connectivity index (χ1) is 18.1. The van der Waals surface area contributed by atoms with Gasteiger partial charge in [0.05, 0.1) is 0 Å². The number of thioether (sulfide) groups is 3. The number of carboxylic acid groups (broad SMARTS) is 1. The number of amides is 2. The van der Waals surface area contributed by atoms with E-state index in [0.717, 1.165) is 27.5 Å². The summed E-state index contributed by atoms with van der Waals surface area (Å²) in [6.45, 7) is 1.92. The number of oxime groups is 1. The Balaban J connectivity index is 1.51. The molecule has 0 aromatic carbocycles. The minimum absolute atomic E-state index is 0.0444. The summed E-state index contributed by atoms with van der Waals surface area (Å²) >= 11 is 11.2. The van der Waals surface area contributed by atoms with Crippen molar-refractivity contribution >= 4 is 86.9 Å². The number of hydrogen-bond donors (Lipinski definition) is 5. The van der Waals surface area contributed by atoms with Crippen molar-refractivity contribution in [2.45, 2.75) is 35.0 Å². The molecule has 2 amide bonds. The van der Waals surface area contributed by atoms with Gasteiger partial charge in [0.25, 0.3) is 11.8 Å². The zero-order valence-corrected chi connectivity index (χ0v) is 23.7. The molecule has 0 bridgehead atoms. The topological polar surface area (TPSA) is 197 Å². The van der Waals surface area contributed by atoms with Crippen molar-refractivity contribution < 1.29 is 24.7 Å². The predicted octanol–water partition coefficient (Wildman–Crippen LogP) is 2.02. The lowest BCUT2D eigenvalue weighted by Gasteiger charge is -2.49. The van der Waals surface area contributed by atoms with Gasteiger partial charge in [-0.15, -0.1) is 11.8 Å². The van der Waals surface area contributed by atoms with Crippen LogP contribution in [0.15, 0.2) is 39.1 Å². The highest BCUT2D eigenvalue weighted by Crippen LogP contribution is 2.46. The molecule has 0 saturated carbocycles. The van der Waals surface area contributed by atoms with Crippen LogP contribution in [-0.4, -0.2) is 77.6 Å². The van der Waals surface area contributed by atoms with E-state index in [1.54, 1.807) is 24.2 Å². The van der Waals surface area contributed by atoms with Crippen LogP contribution in [0.1, 0.15) is 18.2 Å². The zero-order valence-electron chi connectivity index (χ0n) is 19.7. The predicted molar refractivity (Wildman–Crippen MR) is 149 cm³/mol. The molecule has 3 atom stereocenters. The maximum absolute atomic E-state index is 13.0. The van der Waals surface area contributed by atoms with E-state index in [4.69, 9.17) is 23.1 Å². The smallest absolute Gasteiger partial charge is 0.353 e. The second-order valence-electron chi connectivity index (χ2n) is 8.14. The maximum Gasteiger partial charge on any atom is 0.353 e. The number of β-lactam (4-membered cyclic amide) rings is 1. The van der Waals surface area contributed by atoms with Crippen LogP contribution < -0.4 is 16.8 Å². The molecule has 12 nitrogen and oxygen atoms in total. The first-order valence-corrected chi connectivity index (χ1v) is 15.1. The van der Waals surface area contributed by atoms with Crippen LogP contribution in [0.2, 0.25) is 4.34 Å². The van der Waals surface area contributed by atoms with E-state index in [1.807, 2.05) is 13.0 Å². The molecule has 4 heterocycles. The van der Waals surface area contributed by atoms with E-state index in [0.29, 0.717) is 16.4 Å². The summed E-state index contributed by atoms with van der Waals surface area (Å²) in [5.41, 5.74) is 11.6. The van der Waals surface area contributed by atoms with Crippen molar-refractivity contribution in [3.05, 3.63) is 44.7 Å². The van der Waals surface area contributed by atoms with Crippen LogP contribution in [0.3, 0.4) is 0 Å². The number of aliphatic carboxylic acids is 1. The molecule has 1 fully saturated rings. The number of thiazole rings is 1. The SMILES string of the molecule is CC(N)CSCc1cnccc1SC1=C(C(=O)O)N2C(=O)[C@@H](NC(=O)/C(=N\O)c3nc(N)sc3Cl)[C@@H]2SC1. The molecule has 2 aliphatic heterocycles. The van der Waals surface area contributed by atoms with Gasteiger partial charge in [-0.1, -0.05) is 39.9 Å². The molecule has 202 valence electrons. The number of nitrogens with one attached hydrogen (secondary N) is 1. The van der Waals surface area contributed by atoms with E-state index in [-0.39, 0.29) is 26.9 Å². The molecule has 0 spiro atoms. The molecule has 2 aromatic heterocycles. The second kappa shape index (κ2) is 12.1. The van der Waals surface area contributed by atoms with Crippen LogP contribution in [0, 0.1) is 0 Å². The van der Waals surface area contributed by atoms with Crippen molar-refractivity contribution in [1.82, 2.24) is 20.2 Å². The first kappa shape index (κ1) is 28.5. The average Bonchev–Trinajstić information content (AvgIpc) is 3.20. The number of aromatic nitrogens is 2.